The van der Waals surface area contributed by atoms with Crippen LogP contribution in [0.15, 0.2) is 41.1 Å². The van der Waals surface area contributed by atoms with E-state index in [0.29, 0.717) is 6.04 Å². The molecule has 0 radical (unpaired) electrons. The zero-order valence-electron chi connectivity index (χ0n) is 11.9. The molecule has 2 heterocycles. The summed E-state index contributed by atoms with van der Waals surface area (Å²) in [6.07, 6.45) is 7.25. The van der Waals surface area contributed by atoms with Gasteiger partial charge in [0.25, 0.3) is 0 Å². The summed E-state index contributed by atoms with van der Waals surface area (Å²) >= 11 is 0. The predicted octanol–water partition coefficient (Wildman–Crippen LogP) is 3.67. The lowest BCUT2D eigenvalue weighted by Gasteiger charge is -2.24. The Morgan fingerprint density at radius 1 is 1.40 bits per heavy atom. The van der Waals surface area contributed by atoms with Crippen molar-refractivity contribution in [2.24, 2.45) is 0 Å². The Bertz CT molecular complexity index is 534. The number of nitrogens with zero attached hydrogens (tertiary/aromatic N) is 2. The van der Waals surface area contributed by atoms with Crippen LogP contribution in [0.2, 0.25) is 0 Å². The average molecular weight is 271 g/mol. The van der Waals surface area contributed by atoms with Crippen molar-refractivity contribution in [1.82, 2.24) is 4.98 Å². The predicted molar refractivity (Wildman–Crippen MR) is 80.9 cm³/mol. The third-order valence-electron chi connectivity index (χ3n) is 3.53. The summed E-state index contributed by atoms with van der Waals surface area (Å²) in [4.78, 5) is 6.79. The van der Waals surface area contributed by atoms with Crippen LogP contribution in [0.1, 0.15) is 31.9 Å². The van der Waals surface area contributed by atoms with Crippen molar-refractivity contribution in [3.63, 3.8) is 0 Å². The Labute approximate surface area is 119 Å². The van der Waals surface area contributed by atoms with Crippen LogP contribution >= 0.6 is 0 Å². The summed E-state index contributed by atoms with van der Waals surface area (Å²) in [6, 6.07) is 8.84. The van der Waals surface area contributed by atoms with Gasteiger partial charge in [0.1, 0.15) is 11.6 Å². The first-order valence-corrected chi connectivity index (χ1v) is 7.36. The van der Waals surface area contributed by atoms with E-state index in [-0.39, 0.29) is 0 Å². The van der Waals surface area contributed by atoms with Crippen molar-refractivity contribution >= 4 is 11.5 Å². The standard InChI is InChI=1S/C16H21N3O/c1-2-8-17-16-11-14(7-9-18-16)19(13-5-6-13)12-15-4-3-10-20-15/h3-4,7,9-11,13H,2,5-6,8,12H2,1H3,(H,17,18). The third-order valence-corrected chi connectivity index (χ3v) is 3.53. The third kappa shape index (κ3) is 3.13. The molecule has 106 valence electrons. The minimum absolute atomic E-state index is 0.640. The second-order valence-corrected chi connectivity index (χ2v) is 5.26. The van der Waals surface area contributed by atoms with Crippen LogP contribution in [0.25, 0.3) is 0 Å². The molecule has 4 nitrogen and oxygen atoms in total. The van der Waals surface area contributed by atoms with E-state index in [4.69, 9.17) is 4.42 Å². The normalized spacial score (nSPS) is 14.2. The molecule has 0 bridgehead atoms. The topological polar surface area (TPSA) is 41.3 Å². The van der Waals surface area contributed by atoms with E-state index in [0.717, 1.165) is 31.1 Å². The van der Waals surface area contributed by atoms with Crippen LogP contribution in [0.3, 0.4) is 0 Å². The van der Waals surface area contributed by atoms with E-state index >= 15 is 0 Å². The smallest absolute Gasteiger partial charge is 0.127 e. The van der Waals surface area contributed by atoms with Crippen molar-refractivity contribution in [3.8, 4) is 0 Å². The SMILES string of the molecule is CCCNc1cc(N(Cc2ccco2)C2CC2)ccn1. The molecule has 0 spiro atoms. The first-order chi connectivity index (χ1) is 9.86. The zero-order chi connectivity index (χ0) is 13.8. The van der Waals surface area contributed by atoms with Gasteiger partial charge in [0.05, 0.1) is 12.8 Å². The molecule has 0 saturated heterocycles. The molecule has 2 aromatic rings. The number of hydrogen-bond acceptors (Lipinski definition) is 4. The molecule has 1 aliphatic carbocycles. The van der Waals surface area contributed by atoms with Gasteiger partial charge >= 0.3 is 0 Å². The molecule has 0 amide bonds. The van der Waals surface area contributed by atoms with Gasteiger partial charge in [-0.15, -0.1) is 0 Å². The summed E-state index contributed by atoms with van der Waals surface area (Å²) in [6.45, 7) is 3.94. The van der Waals surface area contributed by atoms with E-state index in [1.54, 1.807) is 6.26 Å². The maximum absolute atomic E-state index is 5.49. The fourth-order valence-electron chi connectivity index (χ4n) is 2.34. The highest BCUT2D eigenvalue weighted by Crippen LogP contribution is 2.33. The Balaban J connectivity index is 1.76. The Kier molecular flexibility index (Phi) is 3.90. The summed E-state index contributed by atoms with van der Waals surface area (Å²) in [5.41, 5.74) is 1.22. The van der Waals surface area contributed by atoms with Crippen LogP contribution in [-0.4, -0.2) is 17.6 Å². The van der Waals surface area contributed by atoms with E-state index in [1.807, 2.05) is 18.3 Å². The number of furan rings is 1. The summed E-state index contributed by atoms with van der Waals surface area (Å²) in [5, 5.41) is 3.35. The lowest BCUT2D eigenvalue weighted by molar-refractivity contribution is 0.501. The lowest BCUT2D eigenvalue weighted by atomic mass is 10.3. The molecule has 0 unspecified atom stereocenters. The van der Waals surface area contributed by atoms with Gasteiger partial charge in [-0.25, -0.2) is 4.98 Å². The largest absolute Gasteiger partial charge is 0.467 e. The number of nitrogens with one attached hydrogen (secondary N) is 1. The Morgan fingerprint density at radius 3 is 3.00 bits per heavy atom. The van der Waals surface area contributed by atoms with Gasteiger partial charge in [-0.2, -0.15) is 0 Å². The van der Waals surface area contributed by atoms with Gasteiger partial charge in [-0.1, -0.05) is 6.92 Å². The van der Waals surface area contributed by atoms with Crippen molar-refractivity contribution in [1.29, 1.82) is 0 Å². The summed E-state index contributed by atoms with van der Waals surface area (Å²) in [7, 11) is 0. The Hall–Kier alpha value is -1.97. The van der Waals surface area contributed by atoms with Gasteiger partial charge in [0, 0.05) is 30.5 Å². The molecule has 20 heavy (non-hydrogen) atoms. The number of aromatic nitrogens is 1. The molecule has 4 heteroatoms. The van der Waals surface area contributed by atoms with Crippen LogP contribution in [0.5, 0.6) is 0 Å². The van der Waals surface area contributed by atoms with Crippen LogP contribution < -0.4 is 10.2 Å². The average Bonchev–Trinajstić information content (AvgIpc) is 3.19. The molecule has 0 aliphatic heterocycles. The summed E-state index contributed by atoms with van der Waals surface area (Å²) in [5.74, 6) is 1.96. The molecule has 0 aromatic carbocycles. The molecule has 2 aromatic heterocycles. The maximum atomic E-state index is 5.49. The van der Waals surface area contributed by atoms with Gasteiger partial charge in [-0.3, -0.25) is 0 Å². The van der Waals surface area contributed by atoms with Crippen LogP contribution in [0, 0.1) is 0 Å². The first kappa shape index (κ1) is 13.0. The number of pyridine rings is 1. The van der Waals surface area contributed by atoms with Gasteiger partial charge in [0.15, 0.2) is 0 Å². The number of hydrogen-bond donors (Lipinski definition) is 1. The minimum atomic E-state index is 0.640. The number of anilines is 2. The van der Waals surface area contributed by atoms with Crippen molar-refractivity contribution < 1.29 is 4.42 Å². The Morgan fingerprint density at radius 2 is 2.30 bits per heavy atom. The summed E-state index contributed by atoms with van der Waals surface area (Å²) < 4.78 is 5.49. The lowest BCUT2D eigenvalue weighted by Crippen LogP contribution is -2.24. The van der Waals surface area contributed by atoms with Crippen molar-refractivity contribution in [2.75, 3.05) is 16.8 Å². The highest BCUT2D eigenvalue weighted by atomic mass is 16.3. The van der Waals surface area contributed by atoms with E-state index < -0.39 is 0 Å². The number of rotatable bonds is 7. The molecule has 3 rings (SSSR count). The van der Waals surface area contributed by atoms with E-state index in [1.165, 1.54) is 18.5 Å². The highest BCUT2D eigenvalue weighted by molar-refractivity contribution is 5.55. The quantitative estimate of drug-likeness (QED) is 0.834. The maximum Gasteiger partial charge on any atom is 0.127 e. The molecule has 1 fully saturated rings. The molecule has 1 aliphatic rings. The molecule has 1 saturated carbocycles. The monoisotopic (exact) mass is 271 g/mol. The van der Waals surface area contributed by atoms with Crippen LogP contribution in [-0.2, 0) is 6.54 Å². The molecular weight excluding hydrogens is 250 g/mol. The molecule has 0 atom stereocenters. The fourth-order valence-corrected chi connectivity index (χ4v) is 2.34. The van der Waals surface area contributed by atoms with Gasteiger partial charge in [0.2, 0.25) is 0 Å². The first-order valence-electron chi connectivity index (χ1n) is 7.36. The van der Waals surface area contributed by atoms with Crippen LogP contribution in [0.4, 0.5) is 11.5 Å². The van der Waals surface area contributed by atoms with E-state index in [9.17, 15) is 0 Å². The van der Waals surface area contributed by atoms with E-state index in [2.05, 4.69) is 34.3 Å². The van der Waals surface area contributed by atoms with Gasteiger partial charge in [-0.05, 0) is 37.5 Å². The zero-order valence-corrected chi connectivity index (χ0v) is 11.9. The second-order valence-electron chi connectivity index (χ2n) is 5.26. The van der Waals surface area contributed by atoms with Crippen molar-refractivity contribution in [2.45, 2.75) is 38.8 Å². The fraction of sp³-hybridized carbons (Fsp3) is 0.438. The minimum Gasteiger partial charge on any atom is -0.467 e. The molecular formula is C16H21N3O. The van der Waals surface area contributed by atoms with Gasteiger partial charge < -0.3 is 14.6 Å². The second kappa shape index (κ2) is 5.99. The molecule has 1 N–H and O–H groups in total. The van der Waals surface area contributed by atoms with Crippen molar-refractivity contribution in [3.05, 3.63) is 42.5 Å². The highest BCUT2D eigenvalue weighted by Gasteiger charge is 2.30.